The summed E-state index contributed by atoms with van der Waals surface area (Å²) in [7, 11) is 0. The minimum absolute atomic E-state index is 0.162. The molecule has 1 N–H and O–H groups in total. The zero-order chi connectivity index (χ0) is 15.8. The fraction of sp³-hybridized carbons (Fsp3) is 0.684. The molecule has 126 valence electrons. The highest BCUT2D eigenvalue weighted by Gasteiger charge is 2.43. The highest BCUT2D eigenvalue weighted by molar-refractivity contribution is 5.22. The van der Waals surface area contributed by atoms with E-state index in [1.54, 1.807) is 12.1 Å². The number of ether oxygens (including phenoxy) is 1. The molecule has 1 heterocycles. The molecule has 0 bridgehead atoms. The van der Waals surface area contributed by atoms with Gasteiger partial charge in [-0.05, 0) is 67.7 Å². The van der Waals surface area contributed by atoms with Crippen LogP contribution >= 0.6 is 0 Å². The molecule has 3 nitrogen and oxygen atoms in total. The van der Waals surface area contributed by atoms with E-state index in [4.69, 9.17) is 4.74 Å². The minimum atomic E-state index is -0.412. The van der Waals surface area contributed by atoms with Crippen molar-refractivity contribution >= 4 is 0 Å². The topological polar surface area (TPSA) is 32.7 Å². The quantitative estimate of drug-likeness (QED) is 0.926. The van der Waals surface area contributed by atoms with E-state index in [1.807, 2.05) is 0 Å². The number of hydrogen-bond donors (Lipinski definition) is 1. The van der Waals surface area contributed by atoms with Gasteiger partial charge in [0.1, 0.15) is 17.7 Å². The van der Waals surface area contributed by atoms with Crippen LogP contribution in [-0.4, -0.2) is 41.8 Å². The van der Waals surface area contributed by atoms with Gasteiger partial charge in [-0.2, -0.15) is 0 Å². The molecule has 1 aromatic carbocycles. The highest BCUT2D eigenvalue weighted by Crippen LogP contribution is 2.39. The van der Waals surface area contributed by atoms with Gasteiger partial charge >= 0.3 is 0 Å². The Morgan fingerprint density at radius 2 is 1.78 bits per heavy atom. The zero-order valence-corrected chi connectivity index (χ0v) is 13.5. The van der Waals surface area contributed by atoms with Gasteiger partial charge in [-0.15, -0.1) is 0 Å². The van der Waals surface area contributed by atoms with Crippen LogP contribution in [0.25, 0.3) is 0 Å². The summed E-state index contributed by atoms with van der Waals surface area (Å²) in [5, 5.41) is 10.4. The molecule has 2 saturated carbocycles. The van der Waals surface area contributed by atoms with Crippen molar-refractivity contribution in [3.8, 4) is 5.75 Å². The summed E-state index contributed by atoms with van der Waals surface area (Å²) in [4.78, 5) is 2.60. The average Bonchev–Trinajstić information content (AvgIpc) is 2.87. The largest absolute Gasteiger partial charge is 0.488 e. The Morgan fingerprint density at radius 3 is 2.43 bits per heavy atom. The van der Waals surface area contributed by atoms with Crippen LogP contribution in [-0.2, 0) is 0 Å². The van der Waals surface area contributed by atoms with E-state index in [0.29, 0.717) is 17.6 Å². The first-order chi connectivity index (χ1) is 11.2. The Bertz CT molecular complexity index is 531. The molecule has 4 heteroatoms. The average molecular weight is 319 g/mol. The number of rotatable bonds is 4. The van der Waals surface area contributed by atoms with Gasteiger partial charge in [0.05, 0.1) is 6.10 Å². The van der Waals surface area contributed by atoms with Crippen LogP contribution in [0.5, 0.6) is 5.75 Å². The first kappa shape index (κ1) is 15.4. The maximum Gasteiger partial charge on any atom is 0.125 e. The number of aliphatic hydroxyl groups is 1. The number of aliphatic hydroxyl groups excluding tert-OH is 1. The molecular formula is C19H26FNO2. The van der Waals surface area contributed by atoms with Crippen molar-refractivity contribution in [2.75, 3.05) is 19.6 Å². The molecule has 1 aliphatic heterocycles. The molecule has 2 aliphatic carbocycles. The third-order valence-electron chi connectivity index (χ3n) is 6.00. The minimum Gasteiger partial charge on any atom is -0.488 e. The standard InChI is InChI=1S/C19H26FNO2/c20-16-4-6-17(7-5-16)23-19-9-15-12-21(10-13-2-1-3-13)11-14(15)8-18(19)22/h4-7,13-15,18-19,22H,1-3,8-12H2/t14-,15+,18+,19+/m0/s1. The number of fused-ring (bicyclic) bond motifs is 1. The summed E-state index contributed by atoms with van der Waals surface area (Å²) in [6.45, 7) is 3.53. The van der Waals surface area contributed by atoms with Gasteiger partial charge in [0.2, 0.25) is 0 Å². The number of benzene rings is 1. The van der Waals surface area contributed by atoms with Crippen molar-refractivity contribution in [3.63, 3.8) is 0 Å². The Balaban J connectivity index is 1.35. The predicted molar refractivity (Wildman–Crippen MR) is 86.8 cm³/mol. The first-order valence-corrected chi connectivity index (χ1v) is 9.00. The number of hydrogen-bond acceptors (Lipinski definition) is 3. The molecular weight excluding hydrogens is 293 g/mol. The molecule has 4 rings (SSSR count). The third kappa shape index (κ3) is 3.38. The molecule has 0 amide bonds. The van der Waals surface area contributed by atoms with Crippen molar-refractivity contribution in [3.05, 3.63) is 30.1 Å². The fourth-order valence-corrected chi connectivity index (χ4v) is 4.49. The molecule has 0 spiro atoms. The molecule has 0 radical (unpaired) electrons. The molecule has 23 heavy (non-hydrogen) atoms. The number of halogens is 1. The molecule has 1 saturated heterocycles. The second-order valence-corrected chi connectivity index (χ2v) is 7.68. The molecule has 0 aromatic heterocycles. The van der Waals surface area contributed by atoms with Gasteiger partial charge in [0.15, 0.2) is 0 Å². The lowest BCUT2D eigenvalue weighted by atomic mass is 9.78. The smallest absolute Gasteiger partial charge is 0.125 e. The fourth-order valence-electron chi connectivity index (χ4n) is 4.49. The normalized spacial score (nSPS) is 34.9. The second kappa shape index (κ2) is 6.40. The van der Waals surface area contributed by atoms with E-state index in [0.717, 1.165) is 31.8 Å². The number of likely N-dealkylation sites (tertiary alicyclic amines) is 1. The van der Waals surface area contributed by atoms with E-state index >= 15 is 0 Å². The van der Waals surface area contributed by atoms with Crippen LogP contribution in [0.15, 0.2) is 24.3 Å². The lowest BCUT2D eigenvalue weighted by Crippen LogP contribution is -2.42. The maximum absolute atomic E-state index is 13.0. The van der Waals surface area contributed by atoms with Crippen LogP contribution in [0.3, 0.4) is 0 Å². The Kier molecular flexibility index (Phi) is 4.29. The molecule has 0 unspecified atom stereocenters. The van der Waals surface area contributed by atoms with Gasteiger partial charge in [0, 0.05) is 19.6 Å². The van der Waals surface area contributed by atoms with Crippen LogP contribution in [0, 0.1) is 23.6 Å². The lowest BCUT2D eigenvalue weighted by Gasteiger charge is -2.35. The number of nitrogens with zero attached hydrogens (tertiary/aromatic N) is 1. The molecule has 1 aromatic rings. The third-order valence-corrected chi connectivity index (χ3v) is 6.00. The summed E-state index contributed by atoms with van der Waals surface area (Å²) >= 11 is 0. The molecule has 3 fully saturated rings. The van der Waals surface area contributed by atoms with Gasteiger partial charge in [-0.1, -0.05) is 6.42 Å². The molecule has 4 atom stereocenters. The van der Waals surface area contributed by atoms with Crippen LogP contribution in [0.2, 0.25) is 0 Å². The van der Waals surface area contributed by atoms with Crippen molar-refractivity contribution < 1.29 is 14.2 Å². The van der Waals surface area contributed by atoms with Crippen molar-refractivity contribution in [2.24, 2.45) is 17.8 Å². The summed E-state index contributed by atoms with van der Waals surface area (Å²) in [6.07, 6.45) is 5.35. The highest BCUT2D eigenvalue weighted by atomic mass is 19.1. The Morgan fingerprint density at radius 1 is 1.09 bits per heavy atom. The van der Waals surface area contributed by atoms with E-state index in [9.17, 15) is 9.50 Å². The zero-order valence-electron chi connectivity index (χ0n) is 13.5. The predicted octanol–water partition coefficient (Wildman–Crippen LogP) is 3.08. The van der Waals surface area contributed by atoms with E-state index < -0.39 is 6.10 Å². The summed E-state index contributed by atoms with van der Waals surface area (Å²) in [5.41, 5.74) is 0. The van der Waals surface area contributed by atoms with Crippen molar-refractivity contribution in [1.82, 2.24) is 4.90 Å². The SMILES string of the molecule is O[C@@H]1C[C@H]2CN(CC3CCC3)C[C@H]2C[C@H]1Oc1ccc(F)cc1. The first-order valence-electron chi connectivity index (χ1n) is 9.00. The van der Waals surface area contributed by atoms with Crippen molar-refractivity contribution in [1.29, 1.82) is 0 Å². The van der Waals surface area contributed by atoms with Crippen LogP contribution in [0.4, 0.5) is 4.39 Å². The second-order valence-electron chi connectivity index (χ2n) is 7.68. The Labute approximate surface area is 137 Å². The van der Waals surface area contributed by atoms with Crippen LogP contribution < -0.4 is 4.74 Å². The lowest BCUT2D eigenvalue weighted by molar-refractivity contribution is -0.0231. The van der Waals surface area contributed by atoms with Gasteiger partial charge in [-0.3, -0.25) is 0 Å². The van der Waals surface area contributed by atoms with Gasteiger partial charge < -0.3 is 14.7 Å². The summed E-state index contributed by atoms with van der Waals surface area (Å²) in [6, 6.07) is 6.10. The Hall–Kier alpha value is -1.13. The van der Waals surface area contributed by atoms with E-state index in [1.165, 1.54) is 37.9 Å². The maximum atomic E-state index is 13.0. The van der Waals surface area contributed by atoms with Gasteiger partial charge in [0.25, 0.3) is 0 Å². The monoisotopic (exact) mass is 319 g/mol. The molecule has 3 aliphatic rings. The van der Waals surface area contributed by atoms with Crippen LogP contribution in [0.1, 0.15) is 32.1 Å². The van der Waals surface area contributed by atoms with Gasteiger partial charge in [-0.25, -0.2) is 4.39 Å². The van der Waals surface area contributed by atoms with E-state index in [-0.39, 0.29) is 11.9 Å². The van der Waals surface area contributed by atoms with E-state index in [2.05, 4.69) is 4.90 Å². The summed E-state index contributed by atoms with van der Waals surface area (Å²) < 4.78 is 18.9. The summed E-state index contributed by atoms with van der Waals surface area (Å²) in [5.74, 6) is 2.54. The van der Waals surface area contributed by atoms with Crippen molar-refractivity contribution in [2.45, 2.75) is 44.3 Å².